The number of aliphatic hydroxyl groups excluding tert-OH is 5. The summed E-state index contributed by atoms with van der Waals surface area (Å²) in [6.07, 6.45) is 2.03. The molecule has 0 saturated carbocycles. The number of phenols is 1. The van der Waals surface area contributed by atoms with Gasteiger partial charge >= 0.3 is 153 Å². The van der Waals surface area contributed by atoms with Crippen molar-refractivity contribution >= 4 is 144 Å². The molecular formula is C108H120BClI2K2LiN3O31. The van der Waals surface area contributed by atoms with Gasteiger partial charge in [0.25, 0.3) is 6.47 Å². The van der Waals surface area contributed by atoms with Crippen LogP contribution in [0.15, 0.2) is 236 Å². The average molecular weight is 2340 g/mol. The molecule has 0 atom stereocenters. The van der Waals surface area contributed by atoms with E-state index in [-0.39, 0.29) is 243 Å². The molecule has 15 aromatic rings. The molecule has 0 aliphatic heterocycles. The van der Waals surface area contributed by atoms with Gasteiger partial charge in [0, 0.05) is 125 Å². The Bertz CT molecular complexity index is 6740. The summed E-state index contributed by atoms with van der Waals surface area (Å²) < 4.78 is 79.6. The molecule has 11 aromatic carbocycles. The van der Waals surface area contributed by atoms with E-state index < -0.39 is 13.1 Å². The van der Waals surface area contributed by atoms with Crippen molar-refractivity contribution in [1.82, 2.24) is 0 Å². The molecular weight excluding hydrogens is 2220 g/mol. The van der Waals surface area contributed by atoms with Crippen molar-refractivity contribution in [2.24, 2.45) is 17.2 Å². The Kier molecular flexibility index (Phi) is 61.9. The minimum Gasteiger partial charge on any atom is -1.00 e. The van der Waals surface area contributed by atoms with Crippen molar-refractivity contribution < 1.29 is 273 Å². The standard InChI is InChI=1S/C29H31NO6.C27H27NO6.C22H23IO6.C11H11IO3.C11H14O4.C7H10BNO2.CH2O3.ClH.2K.Li.H2O.H/c1-3-34-28(32)15-22-7-8-24(33-2)16-27(22)35-18-20-12-23-14-25(9-10-31)36-29(23)26(13-20)21-6-4-5-19(11-21)17-30;1-32-22-6-5-20(13-26(30)31)25(14-22)33-16-18-10-21-12-23(7-8-29)34-27(21)24(11-18)19-4-2-3-17(9-19)15-28;1-3-27-21(25)11-15-4-5-17(26-2)12-20(15)28-13-14-8-16-10-18(6-7-24)29-22(16)19(23)9-14;12-10-4-7(6-14)3-8-5-9(1-2-13)15-11(8)10;1-3-15-11(13)6-8-4-5-9(14-2)7-10(8)12;9-5-6-2-1-3-7(4-6)8(10)11;2-1-4-3;;;;;;/h4-8,11-14,16,31H,3,9-10,15,17-18,30H2,1-2H3;2-6,9-12,14,29H,7-8,13,15-16,28H2,1H3,(H,30,31);4-5,8-10,12,24H,3,6-7,11,13H2,1-2H3;3-5,13-14H,1-2,6H2;4-5,7,12H,3,6H2,1-2H3;1-4,10-11H,5,9H2;1,3H;1H;;;;1H2;/q;;;;;;;;3*+1;;-1/p-2. The van der Waals surface area contributed by atoms with Crippen LogP contribution >= 0.6 is 57.6 Å². The number of carbonyl (C=O) groups is 5. The molecule has 0 aliphatic carbocycles. The van der Waals surface area contributed by atoms with E-state index in [9.17, 15) is 39.6 Å². The number of benzene rings is 11. The second-order valence-corrected chi connectivity index (χ2v) is 34.0. The van der Waals surface area contributed by atoms with Crippen LogP contribution in [0.25, 0.3) is 66.1 Å². The number of ether oxygens (including phenoxy) is 10. The third kappa shape index (κ3) is 41.5. The topological polar surface area (TPSA) is 553 Å². The maximum absolute atomic E-state index is 12.1. The molecule has 0 unspecified atom stereocenters. The second kappa shape index (κ2) is 70.0. The molecule has 0 fully saturated rings. The molecule has 0 bridgehead atoms. The van der Waals surface area contributed by atoms with Crippen LogP contribution in [0.1, 0.15) is 106 Å². The number of nitrogens with two attached hydrogens (primary N) is 3. The van der Waals surface area contributed by atoms with Gasteiger partial charge in [-0.2, -0.15) is 0 Å². The second-order valence-electron chi connectivity index (χ2n) is 31.6. The Morgan fingerprint density at radius 3 is 1.04 bits per heavy atom. The molecule has 15 rings (SSSR count). The number of halogens is 3. The third-order valence-electron chi connectivity index (χ3n) is 21.5. The first-order valence-corrected chi connectivity index (χ1v) is 47.8. The number of hydrogen-bond acceptors (Lipinski definition) is 33. The largest absolute Gasteiger partial charge is 1.00 e. The van der Waals surface area contributed by atoms with Crippen LogP contribution in [0.2, 0.25) is 0 Å². The maximum atomic E-state index is 12.1. The monoisotopic (exact) mass is 2340 g/mol. The fourth-order valence-electron chi connectivity index (χ4n) is 14.7. The Morgan fingerprint density at radius 2 is 0.718 bits per heavy atom. The van der Waals surface area contributed by atoms with E-state index in [2.05, 4.69) is 50.1 Å². The summed E-state index contributed by atoms with van der Waals surface area (Å²) in [5.74, 6) is 5.12. The number of aliphatic hydroxyl groups is 5. The first-order chi connectivity index (χ1) is 69.6. The van der Waals surface area contributed by atoms with Crippen LogP contribution in [0.3, 0.4) is 0 Å². The molecule has 41 heteroatoms. The number of carboxylic acids is 1. The fourth-order valence-corrected chi connectivity index (χ4v) is 16.3. The Morgan fingerprint density at radius 1 is 0.409 bits per heavy atom. The number of aliphatic carboxylic acids is 1. The minimum atomic E-state index is -1.40. The summed E-state index contributed by atoms with van der Waals surface area (Å²) in [6, 6.07) is 67.1. The number of rotatable bonds is 40. The van der Waals surface area contributed by atoms with Crippen LogP contribution < -0.4 is 183 Å². The molecule has 0 radical (unpaired) electrons. The van der Waals surface area contributed by atoms with Gasteiger partial charge in [0.2, 0.25) is 0 Å². The number of carboxylic acid groups (broad SMARTS) is 1. The Hall–Kier alpha value is -9.46. The van der Waals surface area contributed by atoms with E-state index in [1.807, 2.05) is 140 Å². The number of hydrogen-bond donors (Lipinski definition) is 12. The number of methoxy groups -OCH3 is 4. The van der Waals surface area contributed by atoms with Crippen molar-refractivity contribution in [3.63, 3.8) is 0 Å². The number of phenolic OH excluding ortho intramolecular Hbond substituents is 1. The van der Waals surface area contributed by atoms with Gasteiger partial charge in [0.05, 0.1) is 114 Å². The first-order valence-electron chi connectivity index (χ1n) is 45.6. The van der Waals surface area contributed by atoms with Crippen molar-refractivity contribution in [1.29, 1.82) is 0 Å². The SMILES string of the molecule is CCOC(=O)Cc1ccc(OC)cc1O.CCOC(=O)Cc1ccc(OC)cc1OCc1cc(-c2cccc(CN)c2)c2oc(CCO)cc2c1.CCOC(=O)Cc1ccc(OC)cc1OCc1cc(I)c2oc(CCO)cc2c1.COc1ccc(CC(=O)O)c(OCc2cc(-c3cccc(CN)c3)c3oc(CCO)cc3c2)c1.Cl.NCc1cccc(B(O)O)c1.O=CO[O-].OCCc1cc2cc(CO)cc(I)c2o1.[H-].[K+].[K+].[Li+].[OH-]. The van der Waals surface area contributed by atoms with E-state index >= 15 is 0 Å². The summed E-state index contributed by atoms with van der Waals surface area (Å²) in [4.78, 5) is 57.7. The Labute approximate surface area is 994 Å². The van der Waals surface area contributed by atoms with Crippen LogP contribution in [-0.4, -0.2) is 163 Å². The summed E-state index contributed by atoms with van der Waals surface area (Å²) in [5.41, 5.74) is 33.6. The normalized spacial score (nSPS) is 10.3. The number of aromatic hydroxyl groups is 1. The van der Waals surface area contributed by atoms with Gasteiger partial charge in [0.1, 0.15) is 111 Å². The molecule has 0 spiro atoms. The molecule has 0 aliphatic rings. The van der Waals surface area contributed by atoms with Crippen molar-refractivity contribution in [3.05, 3.63) is 310 Å². The summed E-state index contributed by atoms with van der Waals surface area (Å²) in [7, 11) is 4.83. The summed E-state index contributed by atoms with van der Waals surface area (Å²) >= 11 is 4.41. The maximum Gasteiger partial charge on any atom is 1.00 e. The minimum absolute atomic E-state index is 0. The van der Waals surface area contributed by atoms with E-state index in [1.165, 1.54) is 13.2 Å². The van der Waals surface area contributed by atoms with Gasteiger partial charge in [-0.3, -0.25) is 24.0 Å². The van der Waals surface area contributed by atoms with Crippen LogP contribution in [0.4, 0.5) is 0 Å². The fraction of sp³-hybridized carbons (Fsp3) is 0.269. The van der Waals surface area contributed by atoms with Gasteiger partial charge < -0.3 is 145 Å². The van der Waals surface area contributed by atoms with E-state index in [0.29, 0.717) is 140 Å². The zero-order valence-electron chi connectivity index (χ0n) is 85.4. The van der Waals surface area contributed by atoms with Crippen LogP contribution in [0.5, 0.6) is 46.0 Å². The van der Waals surface area contributed by atoms with Gasteiger partial charge in [-0.1, -0.05) is 84.9 Å². The number of fused-ring (bicyclic) bond motifs is 4. The summed E-state index contributed by atoms with van der Waals surface area (Å²) in [5, 5.41) is 94.2. The molecule has 34 nitrogen and oxygen atoms in total. The van der Waals surface area contributed by atoms with Crippen LogP contribution in [0, 0.1) is 7.14 Å². The average Bonchev–Trinajstić information content (AvgIpc) is 1.63. The Balaban J connectivity index is 0.000000474. The number of furan rings is 4. The van der Waals surface area contributed by atoms with Crippen molar-refractivity contribution in [2.75, 3.05) is 74.7 Å². The van der Waals surface area contributed by atoms with Gasteiger partial charge in [0.15, 0.2) is 0 Å². The molecule has 0 amide bonds. The predicted octanol–water partition coefficient (Wildman–Crippen LogP) is 5.56. The zero-order chi connectivity index (χ0) is 104. The predicted molar refractivity (Wildman–Crippen MR) is 567 cm³/mol. The zero-order valence-corrected chi connectivity index (χ0v) is 95.8. The van der Waals surface area contributed by atoms with Gasteiger partial charge in [-0.05, 0) is 231 Å². The van der Waals surface area contributed by atoms with Crippen molar-refractivity contribution in [3.8, 4) is 68.2 Å². The molecule has 780 valence electrons. The molecule has 149 heavy (non-hydrogen) atoms. The van der Waals surface area contributed by atoms with E-state index in [0.717, 1.165) is 135 Å². The smallest absolute Gasteiger partial charge is 1.00 e. The van der Waals surface area contributed by atoms with Crippen molar-refractivity contribution in [2.45, 2.75) is 118 Å². The number of carbonyl (C=O) groups excluding carboxylic acids is 4. The third-order valence-corrected chi connectivity index (χ3v) is 23.1. The number of esters is 3. The molecule has 4 heterocycles. The van der Waals surface area contributed by atoms with Gasteiger partial charge in [-0.15, -0.1) is 12.4 Å². The molecule has 4 aromatic heterocycles. The molecule has 16 N–H and O–H groups in total. The van der Waals surface area contributed by atoms with E-state index in [1.54, 1.807) is 115 Å². The van der Waals surface area contributed by atoms with Crippen LogP contribution in [-0.2, 0) is 140 Å². The summed E-state index contributed by atoms with van der Waals surface area (Å²) in [6.45, 7) is 8.40. The van der Waals surface area contributed by atoms with E-state index in [4.69, 9.17) is 118 Å². The van der Waals surface area contributed by atoms with Gasteiger partial charge in [-0.25, -0.2) is 0 Å². The quantitative estimate of drug-likeness (QED) is 0.00425. The first kappa shape index (κ1) is 132. The molecule has 0 saturated heterocycles.